The van der Waals surface area contributed by atoms with E-state index in [4.69, 9.17) is 5.64 Å². The van der Waals surface area contributed by atoms with Gasteiger partial charge >= 0.3 is 0 Å². The van der Waals surface area contributed by atoms with E-state index in [1.165, 1.54) is 29.4 Å². The van der Waals surface area contributed by atoms with E-state index in [-0.39, 0.29) is 6.85 Å². The molecule has 0 aliphatic heterocycles. The summed E-state index contributed by atoms with van der Waals surface area (Å²) in [4.78, 5) is 0. The number of benzene rings is 1. The van der Waals surface area contributed by atoms with Gasteiger partial charge in [-0.2, -0.15) is 0 Å². The fourth-order valence-corrected chi connectivity index (χ4v) is 3.39. The van der Waals surface area contributed by atoms with E-state index in [1.54, 1.807) is 0 Å². The van der Waals surface area contributed by atoms with Gasteiger partial charge in [0.2, 0.25) is 0 Å². The van der Waals surface area contributed by atoms with E-state index in [0.29, 0.717) is 11.7 Å². The topological polar surface area (TPSA) is 26.0 Å². The third-order valence-corrected chi connectivity index (χ3v) is 4.53. The largest absolute Gasteiger partial charge is 0.365 e. The molecule has 3 rings (SSSR count). The Morgan fingerprint density at radius 1 is 1.19 bits per heavy atom. The predicted molar refractivity (Wildman–Crippen MR) is 93.2 cm³/mol. The summed E-state index contributed by atoms with van der Waals surface area (Å²) >= 11 is 0. The van der Waals surface area contributed by atoms with E-state index in [0.717, 1.165) is 6.42 Å². The van der Waals surface area contributed by atoms with Gasteiger partial charge in [-0.3, -0.25) is 0 Å². The Labute approximate surface area is 128 Å². The van der Waals surface area contributed by atoms with Crippen LogP contribution >= 0.6 is 0 Å². The minimum Gasteiger partial charge on any atom is -0.365 e. The number of allylic oxidation sites excluding steroid dienone is 6. The Hall–Kier alpha value is -1.80. The molecule has 2 N–H and O–H groups in total. The van der Waals surface area contributed by atoms with E-state index < -0.39 is 0 Å². The third kappa shape index (κ3) is 2.82. The quantitative estimate of drug-likeness (QED) is 0.461. The van der Waals surface area contributed by atoms with Crippen LogP contribution in [0.5, 0.6) is 0 Å². The fourth-order valence-electron chi connectivity index (χ4n) is 3.39. The van der Waals surface area contributed by atoms with E-state index >= 15 is 0 Å². The standard InChI is InChI=1S/C19H22BN/c1-2-3-4-9-15-14-19(18-13-8-7-12-17(15)18)20(21)16-10-5-6-11-16/h2,5-8,10-16H,1,3-4,9,21H2. The molecule has 1 nitrogen and oxygen atoms in total. The number of unbranched alkanes of at least 4 members (excludes halogenated alkanes) is 1. The van der Waals surface area contributed by atoms with Gasteiger partial charge < -0.3 is 5.64 Å². The molecule has 0 radical (unpaired) electrons. The smallest absolute Gasteiger partial charge is 0.263 e. The van der Waals surface area contributed by atoms with Crippen LogP contribution in [0.2, 0.25) is 5.82 Å². The molecule has 1 aromatic carbocycles. The Balaban J connectivity index is 1.85. The highest BCUT2D eigenvalue weighted by Gasteiger charge is 2.31. The molecule has 2 heteroatoms. The summed E-state index contributed by atoms with van der Waals surface area (Å²) in [7, 11) is 0. The molecule has 0 bridgehead atoms. The average Bonchev–Trinajstić information content (AvgIpc) is 3.15. The van der Waals surface area contributed by atoms with Crippen LogP contribution in [0.25, 0.3) is 5.47 Å². The van der Waals surface area contributed by atoms with Crippen molar-refractivity contribution in [3.8, 4) is 0 Å². The van der Waals surface area contributed by atoms with Crippen molar-refractivity contribution in [1.82, 2.24) is 0 Å². The van der Waals surface area contributed by atoms with Crippen molar-refractivity contribution in [3.05, 3.63) is 78.4 Å². The first-order valence-electron chi connectivity index (χ1n) is 7.83. The van der Waals surface area contributed by atoms with Crippen LogP contribution in [0.3, 0.4) is 0 Å². The van der Waals surface area contributed by atoms with E-state index in [9.17, 15) is 0 Å². The van der Waals surface area contributed by atoms with Crippen molar-refractivity contribution in [1.29, 1.82) is 0 Å². The summed E-state index contributed by atoms with van der Waals surface area (Å²) in [5.41, 5.74) is 10.6. The van der Waals surface area contributed by atoms with Crippen molar-refractivity contribution in [2.75, 3.05) is 0 Å². The molecule has 2 aliphatic carbocycles. The van der Waals surface area contributed by atoms with Gasteiger partial charge in [0, 0.05) is 5.92 Å². The Morgan fingerprint density at radius 2 is 1.95 bits per heavy atom. The maximum atomic E-state index is 6.53. The summed E-state index contributed by atoms with van der Waals surface area (Å²) in [5, 5.41) is 0. The van der Waals surface area contributed by atoms with Gasteiger partial charge in [0.05, 0.1) is 0 Å². The lowest BCUT2D eigenvalue weighted by Crippen LogP contribution is -2.31. The maximum Gasteiger partial charge on any atom is 0.263 e. The molecule has 1 atom stereocenters. The highest BCUT2D eigenvalue weighted by atomic mass is 14.5. The van der Waals surface area contributed by atoms with Crippen molar-refractivity contribution < 1.29 is 0 Å². The summed E-state index contributed by atoms with van der Waals surface area (Å²) in [6, 6.07) is 8.73. The molecule has 0 heterocycles. The number of nitrogens with two attached hydrogens (primary N) is 1. The zero-order valence-corrected chi connectivity index (χ0v) is 12.4. The van der Waals surface area contributed by atoms with E-state index in [2.05, 4.69) is 61.2 Å². The van der Waals surface area contributed by atoms with Crippen molar-refractivity contribution in [3.63, 3.8) is 0 Å². The molecule has 1 aromatic rings. The third-order valence-electron chi connectivity index (χ3n) is 4.53. The highest BCUT2D eigenvalue weighted by Crippen LogP contribution is 2.41. The van der Waals surface area contributed by atoms with Gasteiger partial charge in [0.1, 0.15) is 0 Å². The van der Waals surface area contributed by atoms with Crippen LogP contribution < -0.4 is 5.64 Å². The second-order valence-electron chi connectivity index (χ2n) is 5.91. The average molecular weight is 275 g/mol. The Morgan fingerprint density at radius 3 is 2.71 bits per heavy atom. The molecule has 0 fully saturated rings. The zero-order chi connectivity index (χ0) is 14.7. The van der Waals surface area contributed by atoms with Gasteiger partial charge in [0.25, 0.3) is 6.85 Å². The minimum absolute atomic E-state index is 0.0607. The molecule has 0 saturated heterocycles. The number of rotatable bonds is 6. The maximum absolute atomic E-state index is 6.53. The summed E-state index contributed by atoms with van der Waals surface area (Å²) in [6.45, 7) is 3.87. The SMILES string of the molecule is C=CCCCC1C=C(B(N)C2C=CC=C2)c2ccccc21. The molecular formula is C19H22BN. The van der Waals surface area contributed by atoms with Gasteiger partial charge in [-0.15, -0.1) is 6.58 Å². The monoisotopic (exact) mass is 275 g/mol. The number of fused-ring (bicyclic) bond motifs is 1. The van der Waals surface area contributed by atoms with Crippen LogP contribution in [0.4, 0.5) is 0 Å². The summed E-state index contributed by atoms with van der Waals surface area (Å²) in [6.07, 6.45) is 16.4. The number of hydrogen-bond acceptors (Lipinski definition) is 1. The van der Waals surface area contributed by atoms with Crippen LogP contribution in [0, 0.1) is 0 Å². The lowest BCUT2D eigenvalue weighted by molar-refractivity contribution is 0.692. The first-order chi connectivity index (χ1) is 10.3. The molecule has 0 amide bonds. The molecular weight excluding hydrogens is 253 g/mol. The van der Waals surface area contributed by atoms with Crippen LogP contribution in [0.1, 0.15) is 36.3 Å². The second-order valence-corrected chi connectivity index (χ2v) is 5.91. The fraction of sp³-hybridized carbons (Fsp3) is 0.263. The first kappa shape index (κ1) is 14.2. The lowest BCUT2D eigenvalue weighted by Gasteiger charge is -2.15. The predicted octanol–water partition coefficient (Wildman–Crippen LogP) is 4.51. The van der Waals surface area contributed by atoms with Crippen LogP contribution in [0.15, 0.2) is 67.3 Å². The zero-order valence-electron chi connectivity index (χ0n) is 12.4. The van der Waals surface area contributed by atoms with Gasteiger partial charge in [-0.05, 0) is 36.2 Å². The van der Waals surface area contributed by atoms with Gasteiger partial charge in [-0.25, -0.2) is 0 Å². The molecule has 1 unspecified atom stereocenters. The highest BCUT2D eigenvalue weighted by molar-refractivity contribution is 6.78. The summed E-state index contributed by atoms with van der Waals surface area (Å²) < 4.78 is 0. The molecule has 0 spiro atoms. The van der Waals surface area contributed by atoms with Gasteiger partial charge in [-0.1, -0.05) is 66.2 Å². The Kier molecular flexibility index (Phi) is 4.26. The molecule has 21 heavy (non-hydrogen) atoms. The molecule has 0 saturated carbocycles. The first-order valence-corrected chi connectivity index (χ1v) is 7.83. The normalized spacial score (nSPS) is 19.7. The molecule has 106 valence electrons. The number of hydrogen-bond donors (Lipinski definition) is 1. The van der Waals surface area contributed by atoms with Gasteiger partial charge in [0.15, 0.2) is 0 Å². The second kappa shape index (κ2) is 6.32. The van der Waals surface area contributed by atoms with E-state index in [1.807, 2.05) is 6.08 Å². The molecule has 2 aliphatic rings. The Bertz CT molecular complexity index is 600. The minimum atomic E-state index is 0.0607. The van der Waals surface area contributed by atoms with Crippen molar-refractivity contribution >= 4 is 12.3 Å². The summed E-state index contributed by atoms with van der Waals surface area (Å²) in [5.74, 6) is 0.841. The van der Waals surface area contributed by atoms with Crippen LogP contribution in [-0.2, 0) is 0 Å². The van der Waals surface area contributed by atoms with Crippen molar-refractivity contribution in [2.24, 2.45) is 5.64 Å². The lowest BCUT2D eigenvalue weighted by atomic mass is 9.46. The molecule has 0 aromatic heterocycles. The van der Waals surface area contributed by atoms with Crippen molar-refractivity contribution in [2.45, 2.75) is 31.0 Å². The van der Waals surface area contributed by atoms with Crippen LogP contribution in [-0.4, -0.2) is 6.85 Å².